The number of halogens is 1. The molecule has 0 fully saturated rings. The highest BCUT2D eigenvalue weighted by Crippen LogP contribution is 2.37. The zero-order valence-electron chi connectivity index (χ0n) is 7.93. The van der Waals surface area contributed by atoms with E-state index in [1.54, 1.807) is 0 Å². The first-order chi connectivity index (χ1) is 6.18. The summed E-state index contributed by atoms with van der Waals surface area (Å²) in [4.78, 5) is 0. The van der Waals surface area contributed by atoms with Crippen LogP contribution in [-0.2, 0) is 0 Å². The van der Waals surface area contributed by atoms with Crippen molar-refractivity contribution < 1.29 is 4.74 Å². The lowest BCUT2D eigenvalue weighted by Gasteiger charge is -2.22. The molecule has 0 saturated heterocycles. The highest BCUT2D eigenvalue weighted by Gasteiger charge is 2.19. The van der Waals surface area contributed by atoms with E-state index < -0.39 is 0 Å². The van der Waals surface area contributed by atoms with Gasteiger partial charge in [0.2, 0.25) is 0 Å². The Morgan fingerprint density at radius 2 is 2.00 bits per heavy atom. The van der Waals surface area contributed by atoms with Crippen molar-refractivity contribution in [3.05, 3.63) is 28.8 Å². The van der Waals surface area contributed by atoms with Gasteiger partial charge in [0.1, 0.15) is 5.75 Å². The summed E-state index contributed by atoms with van der Waals surface area (Å²) in [7, 11) is 0. The number of hydrogen-bond acceptors (Lipinski definition) is 1. The molecule has 2 rings (SSSR count). The Labute approximate surface area is 83.7 Å². The van der Waals surface area contributed by atoms with E-state index >= 15 is 0 Å². The van der Waals surface area contributed by atoms with Crippen molar-refractivity contribution in [1.29, 1.82) is 0 Å². The summed E-state index contributed by atoms with van der Waals surface area (Å²) in [6, 6.07) is 4.22. The van der Waals surface area contributed by atoms with Gasteiger partial charge in [-0.25, -0.2) is 0 Å². The van der Waals surface area contributed by atoms with Crippen molar-refractivity contribution in [2.45, 2.75) is 25.6 Å². The predicted octanol–water partition coefficient (Wildman–Crippen LogP) is 3.37. The number of rotatable bonds is 0. The molecule has 1 aromatic rings. The zero-order valence-corrected chi connectivity index (χ0v) is 8.69. The topological polar surface area (TPSA) is 9.23 Å². The Morgan fingerprint density at radius 1 is 1.31 bits per heavy atom. The smallest absolute Gasteiger partial charge is 0.124 e. The minimum absolute atomic E-state index is 0.128. The summed E-state index contributed by atoms with van der Waals surface area (Å²) < 4.78 is 5.55. The molecule has 1 atom stereocenters. The van der Waals surface area contributed by atoms with Crippen LogP contribution in [0.2, 0.25) is 0 Å². The molecular formula is C11H13ClO. The molecule has 1 aliphatic heterocycles. The van der Waals surface area contributed by atoms with Gasteiger partial charge in [-0.2, -0.15) is 0 Å². The van der Waals surface area contributed by atoms with Gasteiger partial charge < -0.3 is 4.74 Å². The Balaban J connectivity index is 2.52. The average molecular weight is 197 g/mol. The van der Waals surface area contributed by atoms with Crippen molar-refractivity contribution in [3.8, 4) is 5.75 Å². The van der Waals surface area contributed by atoms with Crippen molar-refractivity contribution >= 4 is 11.6 Å². The first-order valence-corrected chi connectivity index (χ1v) is 5.00. The SMILES string of the molecule is Cc1cc2c(cc1C)C(Cl)CCO2. The number of aryl methyl sites for hydroxylation is 2. The van der Waals surface area contributed by atoms with Crippen molar-refractivity contribution in [1.82, 2.24) is 0 Å². The zero-order chi connectivity index (χ0) is 9.42. The van der Waals surface area contributed by atoms with E-state index in [9.17, 15) is 0 Å². The first-order valence-electron chi connectivity index (χ1n) is 4.56. The van der Waals surface area contributed by atoms with Crippen LogP contribution in [0.1, 0.15) is 28.5 Å². The van der Waals surface area contributed by atoms with Crippen LogP contribution in [0, 0.1) is 13.8 Å². The quantitative estimate of drug-likeness (QED) is 0.579. The maximum absolute atomic E-state index is 6.19. The second-order valence-corrected chi connectivity index (χ2v) is 4.11. The summed E-state index contributed by atoms with van der Waals surface area (Å²) in [5.74, 6) is 0.967. The van der Waals surface area contributed by atoms with Gasteiger partial charge in [0, 0.05) is 12.0 Å². The van der Waals surface area contributed by atoms with Gasteiger partial charge in [0.15, 0.2) is 0 Å². The molecule has 1 unspecified atom stereocenters. The Kier molecular flexibility index (Phi) is 2.20. The third-order valence-electron chi connectivity index (χ3n) is 2.59. The molecule has 0 N–H and O–H groups in total. The fraction of sp³-hybridized carbons (Fsp3) is 0.455. The van der Waals surface area contributed by atoms with Crippen LogP contribution in [0.25, 0.3) is 0 Å². The molecule has 0 radical (unpaired) electrons. The van der Waals surface area contributed by atoms with E-state index in [-0.39, 0.29) is 5.38 Å². The molecule has 1 heterocycles. The number of hydrogen-bond donors (Lipinski definition) is 0. The highest BCUT2D eigenvalue weighted by molar-refractivity contribution is 6.21. The maximum Gasteiger partial charge on any atom is 0.124 e. The summed E-state index contributed by atoms with van der Waals surface area (Å²) in [6.07, 6.45) is 0.914. The molecular weight excluding hydrogens is 184 g/mol. The summed E-state index contributed by atoms with van der Waals surface area (Å²) in [5, 5.41) is 0.128. The number of alkyl halides is 1. The molecule has 1 aliphatic rings. The predicted molar refractivity (Wildman–Crippen MR) is 54.6 cm³/mol. The van der Waals surface area contributed by atoms with Crippen LogP contribution in [0.5, 0.6) is 5.75 Å². The van der Waals surface area contributed by atoms with Gasteiger partial charge >= 0.3 is 0 Å². The highest BCUT2D eigenvalue weighted by atomic mass is 35.5. The third kappa shape index (κ3) is 1.53. The first kappa shape index (κ1) is 8.89. The molecule has 2 heteroatoms. The monoisotopic (exact) mass is 196 g/mol. The molecule has 13 heavy (non-hydrogen) atoms. The second-order valence-electron chi connectivity index (χ2n) is 3.58. The van der Waals surface area contributed by atoms with E-state index in [2.05, 4.69) is 26.0 Å². The molecule has 0 saturated carbocycles. The maximum atomic E-state index is 6.19. The molecule has 0 amide bonds. The Hall–Kier alpha value is -0.690. The van der Waals surface area contributed by atoms with Gasteiger partial charge in [-0.1, -0.05) is 6.07 Å². The van der Waals surface area contributed by atoms with Gasteiger partial charge in [-0.05, 0) is 31.0 Å². The Bertz CT molecular complexity index is 333. The van der Waals surface area contributed by atoms with Gasteiger partial charge in [0.25, 0.3) is 0 Å². The average Bonchev–Trinajstić information content (AvgIpc) is 2.09. The van der Waals surface area contributed by atoms with E-state index in [4.69, 9.17) is 16.3 Å². The van der Waals surface area contributed by atoms with E-state index in [0.29, 0.717) is 0 Å². The normalized spacial score (nSPS) is 20.7. The minimum Gasteiger partial charge on any atom is -0.493 e. The van der Waals surface area contributed by atoms with Crippen molar-refractivity contribution in [2.75, 3.05) is 6.61 Å². The molecule has 1 aromatic carbocycles. The van der Waals surface area contributed by atoms with Crippen LogP contribution in [0.3, 0.4) is 0 Å². The Morgan fingerprint density at radius 3 is 2.77 bits per heavy atom. The van der Waals surface area contributed by atoms with Crippen LogP contribution < -0.4 is 4.74 Å². The van der Waals surface area contributed by atoms with Crippen LogP contribution >= 0.6 is 11.6 Å². The van der Waals surface area contributed by atoms with E-state index in [1.165, 1.54) is 11.1 Å². The molecule has 0 spiro atoms. The lowest BCUT2D eigenvalue weighted by atomic mass is 10.00. The lowest BCUT2D eigenvalue weighted by molar-refractivity contribution is 0.285. The van der Waals surface area contributed by atoms with Crippen molar-refractivity contribution in [2.24, 2.45) is 0 Å². The fourth-order valence-electron chi connectivity index (χ4n) is 1.61. The summed E-state index contributed by atoms with van der Waals surface area (Å²) in [5.41, 5.74) is 3.70. The molecule has 0 aliphatic carbocycles. The number of ether oxygens (including phenoxy) is 1. The second kappa shape index (κ2) is 3.22. The number of fused-ring (bicyclic) bond motifs is 1. The lowest BCUT2D eigenvalue weighted by Crippen LogP contribution is -2.11. The largest absolute Gasteiger partial charge is 0.493 e. The standard InChI is InChI=1S/C11H13ClO/c1-7-5-9-10(12)3-4-13-11(9)6-8(7)2/h5-6,10H,3-4H2,1-2H3. The molecule has 0 aromatic heterocycles. The van der Waals surface area contributed by atoms with E-state index in [1.807, 2.05) is 0 Å². The van der Waals surface area contributed by atoms with Crippen LogP contribution in [0.4, 0.5) is 0 Å². The van der Waals surface area contributed by atoms with Crippen molar-refractivity contribution in [3.63, 3.8) is 0 Å². The van der Waals surface area contributed by atoms with Crippen LogP contribution in [0.15, 0.2) is 12.1 Å². The molecule has 70 valence electrons. The fourth-order valence-corrected chi connectivity index (χ4v) is 1.87. The minimum atomic E-state index is 0.128. The summed E-state index contributed by atoms with van der Waals surface area (Å²) >= 11 is 6.19. The van der Waals surface area contributed by atoms with Gasteiger partial charge in [0.05, 0.1) is 12.0 Å². The van der Waals surface area contributed by atoms with Gasteiger partial charge in [-0.3, -0.25) is 0 Å². The van der Waals surface area contributed by atoms with Gasteiger partial charge in [-0.15, -0.1) is 11.6 Å². The molecule has 0 bridgehead atoms. The number of benzene rings is 1. The summed E-state index contributed by atoms with van der Waals surface area (Å²) in [6.45, 7) is 4.94. The molecule has 1 nitrogen and oxygen atoms in total. The van der Waals surface area contributed by atoms with E-state index in [0.717, 1.165) is 24.3 Å². The van der Waals surface area contributed by atoms with Crippen LogP contribution in [-0.4, -0.2) is 6.61 Å². The third-order valence-corrected chi connectivity index (χ3v) is 3.05.